The van der Waals surface area contributed by atoms with E-state index in [0.29, 0.717) is 16.5 Å². The predicted octanol–water partition coefficient (Wildman–Crippen LogP) is 3.03. The average molecular weight is 446 g/mol. The number of hydrogen-bond donors (Lipinski definition) is 2. The highest BCUT2D eigenvalue weighted by molar-refractivity contribution is 6.30. The number of esters is 1. The molecule has 2 aromatic carbocycles. The molecular weight excluding hydrogens is 422 g/mol. The molecule has 164 valence electrons. The van der Waals surface area contributed by atoms with Gasteiger partial charge in [0.25, 0.3) is 0 Å². The predicted molar refractivity (Wildman–Crippen MR) is 116 cm³/mol. The summed E-state index contributed by atoms with van der Waals surface area (Å²) in [4.78, 5) is 38.4. The Morgan fingerprint density at radius 3 is 2.39 bits per heavy atom. The number of piperidine rings is 1. The van der Waals surface area contributed by atoms with E-state index in [1.807, 2.05) is 24.3 Å². The maximum atomic E-state index is 12.7. The molecule has 1 aliphatic heterocycles. The highest BCUT2D eigenvalue weighted by Gasteiger charge is 2.36. The first kappa shape index (κ1) is 22.4. The second-order valence-corrected chi connectivity index (χ2v) is 7.58. The summed E-state index contributed by atoms with van der Waals surface area (Å²) in [6, 6.07) is 13.3. The maximum absolute atomic E-state index is 12.7. The number of likely N-dealkylation sites (tertiary alicyclic amines) is 1. The normalized spacial score (nSPS) is 18.3. The van der Waals surface area contributed by atoms with E-state index in [-0.39, 0.29) is 31.3 Å². The molecule has 2 N–H and O–H groups in total. The Morgan fingerprint density at radius 2 is 1.77 bits per heavy atom. The van der Waals surface area contributed by atoms with Crippen LogP contribution in [0.3, 0.4) is 0 Å². The van der Waals surface area contributed by atoms with Crippen LogP contribution in [-0.2, 0) is 14.3 Å². The second kappa shape index (κ2) is 10.2. The fourth-order valence-corrected chi connectivity index (χ4v) is 3.64. The molecule has 0 unspecified atom stereocenters. The Morgan fingerprint density at radius 1 is 1.10 bits per heavy atom. The fourth-order valence-electron chi connectivity index (χ4n) is 3.52. The molecule has 0 aliphatic carbocycles. The number of carbonyl (C=O) groups excluding carboxylic acids is 3. The van der Waals surface area contributed by atoms with Crippen LogP contribution in [0.1, 0.15) is 17.9 Å². The lowest BCUT2D eigenvalue weighted by atomic mass is 9.84. The molecule has 1 aliphatic rings. The SMILES string of the molecule is COC(=O)CN1C[C@H](NC(=O)Nc2ccc(Cl)cc2)[C@@H](c2ccc(OC)cc2)CC1=O. The first-order valence-corrected chi connectivity index (χ1v) is 10.1. The van der Waals surface area contributed by atoms with Crippen molar-refractivity contribution in [3.63, 3.8) is 0 Å². The quantitative estimate of drug-likeness (QED) is 0.666. The van der Waals surface area contributed by atoms with E-state index < -0.39 is 18.0 Å². The summed E-state index contributed by atoms with van der Waals surface area (Å²) in [6.45, 7) is 0.0142. The van der Waals surface area contributed by atoms with Crippen LogP contribution in [0.4, 0.5) is 10.5 Å². The summed E-state index contributed by atoms with van der Waals surface area (Å²) < 4.78 is 9.89. The number of nitrogens with one attached hydrogen (secondary N) is 2. The van der Waals surface area contributed by atoms with Gasteiger partial charge in [-0.3, -0.25) is 9.59 Å². The number of benzene rings is 2. The van der Waals surface area contributed by atoms with Gasteiger partial charge in [-0.25, -0.2) is 4.79 Å². The molecule has 1 saturated heterocycles. The molecule has 2 aromatic rings. The number of halogens is 1. The third-order valence-electron chi connectivity index (χ3n) is 5.16. The minimum absolute atomic E-state index is 0.148. The van der Waals surface area contributed by atoms with E-state index in [1.54, 1.807) is 31.4 Å². The summed E-state index contributed by atoms with van der Waals surface area (Å²) in [5.74, 6) is -0.255. The molecular formula is C22H24ClN3O5. The number of hydrogen-bond acceptors (Lipinski definition) is 5. The van der Waals surface area contributed by atoms with Crippen LogP contribution < -0.4 is 15.4 Å². The smallest absolute Gasteiger partial charge is 0.325 e. The van der Waals surface area contributed by atoms with Crippen LogP contribution in [0.25, 0.3) is 0 Å². The minimum atomic E-state index is -0.513. The van der Waals surface area contributed by atoms with Crippen molar-refractivity contribution in [3.8, 4) is 5.75 Å². The summed E-state index contributed by atoms with van der Waals surface area (Å²) in [7, 11) is 2.85. The van der Waals surface area contributed by atoms with Gasteiger partial charge in [-0.05, 0) is 42.0 Å². The van der Waals surface area contributed by atoms with Gasteiger partial charge in [-0.15, -0.1) is 0 Å². The number of ether oxygens (including phenoxy) is 2. The van der Waals surface area contributed by atoms with Crippen molar-refractivity contribution >= 4 is 35.2 Å². The fraction of sp³-hybridized carbons (Fsp3) is 0.318. The van der Waals surface area contributed by atoms with Crippen LogP contribution >= 0.6 is 11.6 Å². The molecule has 3 rings (SSSR count). The maximum Gasteiger partial charge on any atom is 0.325 e. The van der Waals surface area contributed by atoms with E-state index in [2.05, 4.69) is 15.4 Å². The van der Waals surface area contributed by atoms with Gasteiger partial charge >= 0.3 is 12.0 Å². The standard InChI is InChI=1S/C22H24ClN3O5/c1-30-17-9-3-14(4-10-17)18-11-20(27)26(13-21(28)31-2)12-19(18)25-22(29)24-16-7-5-15(23)6-8-16/h3-10,18-19H,11-13H2,1-2H3,(H2,24,25,29)/t18-,19+/m1/s1. The molecule has 0 spiro atoms. The van der Waals surface area contributed by atoms with Gasteiger partial charge in [0.15, 0.2) is 0 Å². The summed E-state index contributed by atoms with van der Waals surface area (Å²) in [6.07, 6.45) is 0.148. The lowest BCUT2D eigenvalue weighted by Gasteiger charge is -2.38. The van der Waals surface area contributed by atoms with Gasteiger partial charge in [0.1, 0.15) is 12.3 Å². The Labute approximate surface area is 185 Å². The van der Waals surface area contributed by atoms with E-state index in [9.17, 15) is 14.4 Å². The molecule has 31 heavy (non-hydrogen) atoms. The van der Waals surface area contributed by atoms with Crippen molar-refractivity contribution in [1.29, 1.82) is 0 Å². The average Bonchev–Trinajstić information content (AvgIpc) is 2.77. The second-order valence-electron chi connectivity index (χ2n) is 7.15. The molecule has 1 fully saturated rings. The molecule has 0 aromatic heterocycles. The lowest BCUT2D eigenvalue weighted by Crippen LogP contribution is -2.55. The molecule has 0 radical (unpaired) electrons. The number of rotatable bonds is 6. The van der Waals surface area contributed by atoms with Gasteiger partial charge < -0.3 is 25.0 Å². The first-order chi connectivity index (χ1) is 14.9. The molecule has 9 heteroatoms. The van der Waals surface area contributed by atoms with Crippen molar-refractivity contribution in [2.45, 2.75) is 18.4 Å². The van der Waals surface area contributed by atoms with Crippen molar-refractivity contribution in [2.75, 3.05) is 32.6 Å². The molecule has 0 saturated carbocycles. The summed E-state index contributed by atoms with van der Waals surface area (Å²) in [5, 5.41) is 6.27. The Bertz CT molecular complexity index is 933. The van der Waals surface area contributed by atoms with Crippen LogP contribution in [0.2, 0.25) is 5.02 Å². The third kappa shape index (κ3) is 5.88. The molecule has 2 atom stereocenters. The largest absolute Gasteiger partial charge is 0.497 e. The van der Waals surface area contributed by atoms with E-state index in [4.69, 9.17) is 16.3 Å². The zero-order valence-electron chi connectivity index (χ0n) is 17.3. The Hall–Kier alpha value is -3.26. The topological polar surface area (TPSA) is 97.0 Å². The number of urea groups is 1. The van der Waals surface area contributed by atoms with Gasteiger partial charge in [-0.1, -0.05) is 23.7 Å². The van der Waals surface area contributed by atoms with Crippen molar-refractivity contribution in [3.05, 3.63) is 59.1 Å². The lowest BCUT2D eigenvalue weighted by molar-refractivity contribution is -0.148. The highest BCUT2D eigenvalue weighted by atomic mass is 35.5. The molecule has 8 nitrogen and oxygen atoms in total. The van der Waals surface area contributed by atoms with Crippen LogP contribution in [0, 0.1) is 0 Å². The monoisotopic (exact) mass is 445 g/mol. The Balaban J connectivity index is 1.78. The van der Waals surface area contributed by atoms with Crippen molar-refractivity contribution < 1.29 is 23.9 Å². The van der Waals surface area contributed by atoms with E-state index in [1.165, 1.54) is 12.0 Å². The zero-order chi connectivity index (χ0) is 22.4. The van der Waals surface area contributed by atoms with Crippen LogP contribution in [-0.4, -0.2) is 56.2 Å². The Kier molecular flexibility index (Phi) is 7.36. The first-order valence-electron chi connectivity index (χ1n) is 9.71. The number of nitrogens with zero attached hydrogens (tertiary/aromatic N) is 1. The molecule has 1 heterocycles. The van der Waals surface area contributed by atoms with E-state index in [0.717, 1.165) is 5.56 Å². The van der Waals surface area contributed by atoms with Gasteiger partial charge in [0.2, 0.25) is 5.91 Å². The van der Waals surface area contributed by atoms with Crippen LogP contribution in [0.15, 0.2) is 48.5 Å². The molecule has 0 bridgehead atoms. The highest BCUT2D eigenvalue weighted by Crippen LogP contribution is 2.30. The number of amides is 3. The van der Waals surface area contributed by atoms with Crippen LogP contribution in [0.5, 0.6) is 5.75 Å². The molecule has 3 amide bonds. The van der Waals surface area contributed by atoms with Gasteiger partial charge in [-0.2, -0.15) is 0 Å². The summed E-state index contributed by atoms with van der Waals surface area (Å²) >= 11 is 5.88. The van der Waals surface area contributed by atoms with Gasteiger partial charge in [0, 0.05) is 29.6 Å². The third-order valence-corrected chi connectivity index (χ3v) is 5.41. The van der Waals surface area contributed by atoms with Gasteiger partial charge in [0.05, 0.1) is 20.3 Å². The number of anilines is 1. The number of methoxy groups -OCH3 is 2. The minimum Gasteiger partial charge on any atom is -0.497 e. The number of carbonyl (C=O) groups is 3. The van der Waals surface area contributed by atoms with Crippen molar-refractivity contribution in [1.82, 2.24) is 10.2 Å². The zero-order valence-corrected chi connectivity index (χ0v) is 18.0. The summed E-state index contributed by atoms with van der Waals surface area (Å²) in [5.41, 5.74) is 1.48. The van der Waals surface area contributed by atoms with E-state index >= 15 is 0 Å². The van der Waals surface area contributed by atoms with Crippen molar-refractivity contribution in [2.24, 2.45) is 0 Å².